The number of carboxylic acid groups (broad SMARTS) is 1. The summed E-state index contributed by atoms with van der Waals surface area (Å²) in [7, 11) is 0. The number of carbonyl (C=O) groups is 1. The average Bonchev–Trinajstić information content (AvgIpc) is 2.37. The van der Waals surface area contributed by atoms with Gasteiger partial charge in [0.15, 0.2) is 0 Å². The molecule has 1 atom stereocenters. The van der Waals surface area contributed by atoms with Gasteiger partial charge in [0, 0.05) is 18.8 Å². The van der Waals surface area contributed by atoms with Gasteiger partial charge in [0.25, 0.3) is 0 Å². The molecule has 2 N–H and O–H groups in total. The van der Waals surface area contributed by atoms with Gasteiger partial charge in [-0.3, -0.25) is 0 Å². The van der Waals surface area contributed by atoms with Crippen LogP contribution in [0.3, 0.4) is 0 Å². The van der Waals surface area contributed by atoms with Crippen LogP contribution in [0.25, 0.3) is 0 Å². The Morgan fingerprint density at radius 3 is 3.00 bits per heavy atom. The molecule has 1 unspecified atom stereocenters. The SMILES string of the molecule is O=C(O)c1ccc(NCC2CCCOC2)cc1Cl. The highest BCUT2D eigenvalue weighted by atomic mass is 35.5. The molecule has 0 aromatic heterocycles. The second-order valence-corrected chi connectivity index (χ2v) is 4.87. The molecule has 1 saturated heterocycles. The van der Waals surface area contributed by atoms with Gasteiger partial charge in [0.05, 0.1) is 17.2 Å². The van der Waals surface area contributed by atoms with Gasteiger partial charge in [0.1, 0.15) is 0 Å². The van der Waals surface area contributed by atoms with Crippen LogP contribution < -0.4 is 5.32 Å². The molecule has 1 aromatic carbocycles. The summed E-state index contributed by atoms with van der Waals surface area (Å²) in [6, 6.07) is 4.90. The number of anilines is 1. The van der Waals surface area contributed by atoms with Crippen LogP contribution in [-0.2, 0) is 4.74 Å². The van der Waals surface area contributed by atoms with Crippen molar-refractivity contribution in [2.45, 2.75) is 12.8 Å². The number of benzene rings is 1. The van der Waals surface area contributed by atoms with Crippen molar-refractivity contribution in [3.05, 3.63) is 28.8 Å². The van der Waals surface area contributed by atoms with Gasteiger partial charge >= 0.3 is 5.97 Å². The number of carboxylic acids is 1. The molecule has 0 amide bonds. The van der Waals surface area contributed by atoms with Crippen molar-refractivity contribution in [1.82, 2.24) is 0 Å². The molecule has 1 heterocycles. The van der Waals surface area contributed by atoms with Crippen LogP contribution in [0.4, 0.5) is 5.69 Å². The Hall–Kier alpha value is -1.26. The van der Waals surface area contributed by atoms with E-state index in [0.717, 1.165) is 38.3 Å². The fourth-order valence-corrected chi connectivity index (χ4v) is 2.29. The fourth-order valence-electron chi connectivity index (χ4n) is 2.03. The zero-order valence-corrected chi connectivity index (χ0v) is 10.7. The number of ether oxygens (including phenoxy) is 1. The van der Waals surface area contributed by atoms with Gasteiger partial charge in [0.2, 0.25) is 0 Å². The van der Waals surface area contributed by atoms with E-state index < -0.39 is 5.97 Å². The van der Waals surface area contributed by atoms with Crippen LogP contribution in [0.2, 0.25) is 5.02 Å². The van der Waals surface area contributed by atoms with Crippen LogP contribution in [0.1, 0.15) is 23.2 Å². The van der Waals surface area contributed by atoms with Crippen molar-refractivity contribution in [3.8, 4) is 0 Å². The summed E-state index contributed by atoms with van der Waals surface area (Å²) in [5.41, 5.74) is 0.971. The number of rotatable bonds is 4. The molecule has 1 aromatic rings. The van der Waals surface area contributed by atoms with Crippen LogP contribution >= 0.6 is 11.6 Å². The number of nitrogens with one attached hydrogen (secondary N) is 1. The summed E-state index contributed by atoms with van der Waals surface area (Å²) in [4.78, 5) is 10.8. The molecule has 0 saturated carbocycles. The Morgan fingerprint density at radius 1 is 1.56 bits per heavy atom. The summed E-state index contributed by atoms with van der Waals surface area (Å²) < 4.78 is 5.40. The quantitative estimate of drug-likeness (QED) is 0.882. The maximum Gasteiger partial charge on any atom is 0.337 e. The minimum Gasteiger partial charge on any atom is -0.478 e. The highest BCUT2D eigenvalue weighted by Gasteiger charge is 2.14. The molecular weight excluding hydrogens is 254 g/mol. The average molecular weight is 270 g/mol. The standard InChI is InChI=1S/C13H16ClNO3/c14-12-6-10(3-4-11(12)13(16)17)15-7-9-2-1-5-18-8-9/h3-4,6,9,15H,1-2,5,7-8H2,(H,16,17). The molecule has 5 heteroatoms. The summed E-state index contributed by atoms with van der Waals surface area (Å²) in [6.07, 6.45) is 2.26. The summed E-state index contributed by atoms with van der Waals surface area (Å²) >= 11 is 5.90. The minimum atomic E-state index is -1.01. The van der Waals surface area contributed by atoms with Crippen molar-refractivity contribution in [1.29, 1.82) is 0 Å². The Balaban J connectivity index is 1.93. The van der Waals surface area contributed by atoms with Crippen LogP contribution in [0, 0.1) is 5.92 Å². The molecule has 4 nitrogen and oxygen atoms in total. The number of aromatic carboxylic acids is 1. The molecule has 2 rings (SSSR count). The Labute approximate surface area is 111 Å². The summed E-state index contributed by atoms with van der Waals surface area (Å²) in [6.45, 7) is 2.46. The van der Waals surface area contributed by atoms with Gasteiger partial charge in [-0.05, 0) is 37.0 Å². The largest absolute Gasteiger partial charge is 0.478 e. The first-order chi connectivity index (χ1) is 8.66. The van der Waals surface area contributed by atoms with Crippen molar-refractivity contribution < 1.29 is 14.6 Å². The van der Waals surface area contributed by atoms with E-state index in [4.69, 9.17) is 21.4 Å². The molecule has 0 spiro atoms. The Morgan fingerprint density at radius 2 is 2.39 bits per heavy atom. The van der Waals surface area contributed by atoms with E-state index in [1.165, 1.54) is 6.07 Å². The molecule has 18 heavy (non-hydrogen) atoms. The second kappa shape index (κ2) is 6.07. The molecule has 1 aliphatic rings. The maximum absolute atomic E-state index is 10.8. The smallest absolute Gasteiger partial charge is 0.337 e. The van der Waals surface area contributed by atoms with Gasteiger partial charge < -0.3 is 15.2 Å². The highest BCUT2D eigenvalue weighted by Crippen LogP contribution is 2.22. The molecule has 98 valence electrons. The molecule has 0 bridgehead atoms. The first-order valence-electron chi connectivity index (χ1n) is 6.01. The third-order valence-corrected chi connectivity index (χ3v) is 3.36. The topological polar surface area (TPSA) is 58.6 Å². The predicted molar refractivity (Wildman–Crippen MR) is 70.4 cm³/mol. The molecule has 1 fully saturated rings. The number of hydrogen-bond donors (Lipinski definition) is 2. The van der Waals surface area contributed by atoms with E-state index in [9.17, 15) is 4.79 Å². The Bertz CT molecular complexity index is 430. The van der Waals surface area contributed by atoms with Crippen molar-refractivity contribution in [3.63, 3.8) is 0 Å². The lowest BCUT2D eigenvalue weighted by atomic mass is 10.0. The third-order valence-electron chi connectivity index (χ3n) is 3.05. The summed E-state index contributed by atoms with van der Waals surface area (Å²) in [5.74, 6) is -0.496. The van der Waals surface area contributed by atoms with Gasteiger partial charge in [-0.2, -0.15) is 0 Å². The number of hydrogen-bond acceptors (Lipinski definition) is 3. The predicted octanol–water partition coefficient (Wildman–Crippen LogP) is 2.88. The lowest BCUT2D eigenvalue weighted by molar-refractivity contribution is 0.0595. The fraction of sp³-hybridized carbons (Fsp3) is 0.462. The van der Waals surface area contributed by atoms with E-state index in [1.807, 2.05) is 0 Å². The van der Waals surface area contributed by atoms with Gasteiger partial charge in [-0.25, -0.2) is 4.79 Å². The highest BCUT2D eigenvalue weighted by molar-refractivity contribution is 6.33. The monoisotopic (exact) mass is 269 g/mol. The maximum atomic E-state index is 10.8. The van der Waals surface area contributed by atoms with E-state index in [-0.39, 0.29) is 10.6 Å². The summed E-state index contributed by atoms with van der Waals surface area (Å²) in [5, 5.41) is 12.4. The zero-order valence-electron chi connectivity index (χ0n) is 9.99. The van der Waals surface area contributed by atoms with Gasteiger partial charge in [-0.1, -0.05) is 11.6 Å². The normalized spacial score (nSPS) is 19.5. The molecule has 1 aliphatic heterocycles. The Kier molecular flexibility index (Phi) is 4.44. The van der Waals surface area contributed by atoms with E-state index in [1.54, 1.807) is 12.1 Å². The molecule has 0 aliphatic carbocycles. The first-order valence-corrected chi connectivity index (χ1v) is 6.39. The van der Waals surface area contributed by atoms with Crippen LogP contribution in [0.15, 0.2) is 18.2 Å². The van der Waals surface area contributed by atoms with Crippen molar-refractivity contribution in [2.75, 3.05) is 25.1 Å². The van der Waals surface area contributed by atoms with E-state index in [2.05, 4.69) is 5.32 Å². The molecule has 0 radical (unpaired) electrons. The van der Waals surface area contributed by atoms with Gasteiger partial charge in [-0.15, -0.1) is 0 Å². The van der Waals surface area contributed by atoms with E-state index in [0.29, 0.717) is 5.92 Å². The van der Waals surface area contributed by atoms with Crippen LogP contribution in [0.5, 0.6) is 0 Å². The van der Waals surface area contributed by atoms with Crippen molar-refractivity contribution in [2.24, 2.45) is 5.92 Å². The third kappa shape index (κ3) is 3.37. The lowest BCUT2D eigenvalue weighted by Gasteiger charge is -2.22. The lowest BCUT2D eigenvalue weighted by Crippen LogP contribution is -2.24. The second-order valence-electron chi connectivity index (χ2n) is 4.46. The molecular formula is C13H16ClNO3. The first kappa shape index (κ1) is 13.2. The van der Waals surface area contributed by atoms with Crippen molar-refractivity contribution >= 4 is 23.3 Å². The zero-order chi connectivity index (χ0) is 13.0. The number of halogens is 1. The van der Waals surface area contributed by atoms with Crippen LogP contribution in [-0.4, -0.2) is 30.8 Å². The minimum absolute atomic E-state index is 0.128. The van der Waals surface area contributed by atoms with E-state index >= 15 is 0 Å².